The average Bonchev–Trinajstić information content (AvgIpc) is 2.99. The summed E-state index contributed by atoms with van der Waals surface area (Å²) in [6, 6.07) is 2.89. The van der Waals surface area contributed by atoms with E-state index in [-0.39, 0.29) is 0 Å². The van der Waals surface area contributed by atoms with E-state index in [0.717, 1.165) is 18.9 Å². The molecular formula is C18H35N2O2P. The van der Waals surface area contributed by atoms with Gasteiger partial charge in [-0.05, 0) is 40.0 Å². The topological polar surface area (TPSA) is 45.5 Å². The third-order valence-corrected chi connectivity index (χ3v) is 6.45. The van der Waals surface area contributed by atoms with E-state index in [9.17, 15) is 0 Å². The van der Waals surface area contributed by atoms with Gasteiger partial charge in [-0.25, -0.2) is 4.67 Å². The molecule has 0 heterocycles. The van der Waals surface area contributed by atoms with Gasteiger partial charge in [-0.3, -0.25) is 0 Å². The first-order valence-electron chi connectivity index (χ1n) is 9.27. The van der Waals surface area contributed by atoms with E-state index in [1.54, 1.807) is 0 Å². The van der Waals surface area contributed by atoms with Crippen LogP contribution in [0.4, 0.5) is 0 Å². The molecule has 0 amide bonds. The summed E-state index contributed by atoms with van der Waals surface area (Å²) >= 11 is 0. The molecule has 5 heteroatoms. The quantitative estimate of drug-likeness (QED) is 0.340. The van der Waals surface area contributed by atoms with E-state index >= 15 is 0 Å². The summed E-state index contributed by atoms with van der Waals surface area (Å²) in [6.07, 6.45) is 9.87. The van der Waals surface area contributed by atoms with Crippen LogP contribution in [0, 0.1) is 17.2 Å². The van der Waals surface area contributed by atoms with Crippen molar-refractivity contribution >= 4 is 8.53 Å². The smallest absolute Gasteiger partial charge is 0.259 e. The molecule has 0 radical (unpaired) electrons. The van der Waals surface area contributed by atoms with Crippen LogP contribution >= 0.6 is 8.53 Å². The Labute approximate surface area is 144 Å². The Hall–Kier alpha value is -0.200. The molecular weight excluding hydrogens is 307 g/mol. The van der Waals surface area contributed by atoms with E-state index in [2.05, 4.69) is 38.4 Å². The Bertz CT molecular complexity index is 330. The van der Waals surface area contributed by atoms with E-state index in [4.69, 9.17) is 14.3 Å². The molecule has 0 aromatic carbocycles. The molecule has 4 nitrogen and oxygen atoms in total. The maximum absolute atomic E-state index is 8.71. The molecule has 23 heavy (non-hydrogen) atoms. The Morgan fingerprint density at radius 3 is 2.22 bits per heavy atom. The Balaban J connectivity index is 2.33. The zero-order chi connectivity index (χ0) is 17.1. The fourth-order valence-electron chi connectivity index (χ4n) is 3.29. The minimum atomic E-state index is -1.06. The number of rotatable bonds is 12. The third-order valence-electron chi connectivity index (χ3n) is 4.35. The summed E-state index contributed by atoms with van der Waals surface area (Å²) in [7, 11) is -1.06. The van der Waals surface area contributed by atoms with Crippen molar-refractivity contribution < 1.29 is 9.05 Å². The van der Waals surface area contributed by atoms with E-state index in [1.807, 2.05) is 0 Å². The maximum atomic E-state index is 8.71. The van der Waals surface area contributed by atoms with Crippen LogP contribution in [0.15, 0.2) is 0 Å². The van der Waals surface area contributed by atoms with Crippen molar-refractivity contribution in [3.8, 4) is 6.07 Å². The van der Waals surface area contributed by atoms with Crippen molar-refractivity contribution in [1.29, 1.82) is 5.26 Å². The highest BCUT2D eigenvalue weighted by atomic mass is 31.2. The summed E-state index contributed by atoms with van der Waals surface area (Å²) < 4.78 is 14.3. The predicted octanol–water partition coefficient (Wildman–Crippen LogP) is 5.64. The zero-order valence-corrected chi connectivity index (χ0v) is 16.4. The third kappa shape index (κ3) is 8.45. The largest absolute Gasteiger partial charge is 0.322 e. The van der Waals surface area contributed by atoms with Gasteiger partial charge in [-0.1, -0.05) is 38.5 Å². The summed E-state index contributed by atoms with van der Waals surface area (Å²) in [5, 5.41) is 8.71. The predicted molar refractivity (Wildman–Crippen MR) is 97.0 cm³/mol. The van der Waals surface area contributed by atoms with Gasteiger partial charge in [0.2, 0.25) is 0 Å². The normalized spacial score (nSPS) is 17.3. The molecule has 134 valence electrons. The minimum absolute atomic E-state index is 0.377. The van der Waals surface area contributed by atoms with Crippen molar-refractivity contribution in [2.75, 3.05) is 13.2 Å². The van der Waals surface area contributed by atoms with Gasteiger partial charge in [-0.2, -0.15) is 5.26 Å². The van der Waals surface area contributed by atoms with Gasteiger partial charge in [-0.15, -0.1) is 0 Å². The zero-order valence-electron chi connectivity index (χ0n) is 15.5. The standard InChI is InChI=1S/C18H35N2O2P/c1-16(2)20(17(3)4)23(22-15-9-13-19)21-14-8-7-12-18-10-5-6-11-18/h16-18H,5-12,14-15H2,1-4H3. The van der Waals surface area contributed by atoms with Crippen molar-refractivity contribution in [3.05, 3.63) is 0 Å². The van der Waals surface area contributed by atoms with Gasteiger partial charge in [0.25, 0.3) is 8.53 Å². The Morgan fingerprint density at radius 2 is 1.65 bits per heavy atom. The second kappa shape index (κ2) is 12.2. The van der Waals surface area contributed by atoms with Crippen molar-refractivity contribution in [2.24, 2.45) is 5.92 Å². The lowest BCUT2D eigenvalue weighted by Crippen LogP contribution is -2.33. The van der Waals surface area contributed by atoms with Crippen molar-refractivity contribution in [1.82, 2.24) is 4.67 Å². The number of hydrogen-bond acceptors (Lipinski definition) is 4. The molecule has 1 unspecified atom stereocenters. The van der Waals surface area contributed by atoms with Crippen LogP contribution in [0.25, 0.3) is 0 Å². The van der Waals surface area contributed by atoms with Gasteiger partial charge in [0.15, 0.2) is 0 Å². The monoisotopic (exact) mass is 342 g/mol. The summed E-state index contributed by atoms with van der Waals surface area (Å²) in [6.45, 7) is 9.92. The molecule has 1 aliphatic carbocycles. The molecule has 0 aromatic heterocycles. The lowest BCUT2D eigenvalue weighted by Gasteiger charge is -2.35. The second-order valence-electron chi connectivity index (χ2n) is 7.03. The van der Waals surface area contributed by atoms with Crippen LogP contribution in [-0.2, 0) is 9.05 Å². The highest BCUT2D eigenvalue weighted by Crippen LogP contribution is 2.46. The molecule has 1 saturated carbocycles. The van der Waals surface area contributed by atoms with Crippen LogP contribution in [0.3, 0.4) is 0 Å². The molecule has 1 atom stereocenters. The average molecular weight is 342 g/mol. The number of nitrogens with zero attached hydrogens (tertiary/aromatic N) is 2. The van der Waals surface area contributed by atoms with Crippen LogP contribution in [0.2, 0.25) is 0 Å². The van der Waals surface area contributed by atoms with E-state index in [0.29, 0.717) is 25.1 Å². The Morgan fingerprint density at radius 1 is 1.04 bits per heavy atom. The van der Waals surface area contributed by atoms with Crippen LogP contribution in [0.5, 0.6) is 0 Å². The molecule has 0 N–H and O–H groups in total. The lowest BCUT2D eigenvalue weighted by atomic mass is 10.0. The van der Waals surface area contributed by atoms with E-state index < -0.39 is 8.53 Å². The second-order valence-corrected chi connectivity index (χ2v) is 8.48. The van der Waals surface area contributed by atoms with Gasteiger partial charge < -0.3 is 9.05 Å². The number of unbranched alkanes of at least 4 members (excludes halogenated alkanes) is 1. The SMILES string of the molecule is CC(C)N(C(C)C)P(OCCC#N)OCCCCC1CCCC1. The van der Waals surface area contributed by atoms with Crippen molar-refractivity contribution in [3.63, 3.8) is 0 Å². The maximum Gasteiger partial charge on any atom is 0.259 e. The highest BCUT2D eigenvalue weighted by Gasteiger charge is 2.26. The summed E-state index contributed by atoms with van der Waals surface area (Å²) in [5.74, 6) is 0.964. The fourth-order valence-corrected chi connectivity index (χ4v) is 4.92. The molecule has 1 fully saturated rings. The van der Waals surface area contributed by atoms with E-state index in [1.165, 1.54) is 38.5 Å². The Kier molecular flexibility index (Phi) is 11.1. The lowest BCUT2D eigenvalue weighted by molar-refractivity contribution is 0.173. The number of hydrogen-bond donors (Lipinski definition) is 0. The molecule has 1 rings (SSSR count). The molecule has 0 aliphatic heterocycles. The summed E-state index contributed by atoms with van der Waals surface area (Å²) in [4.78, 5) is 0. The summed E-state index contributed by atoms with van der Waals surface area (Å²) in [5.41, 5.74) is 0. The van der Waals surface area contributed by atoms with Gasteiger partial charge in [0, 0.05) is 12.1 Å². The first-order valence-corrected chi connectivity index (χ1v) is 10.4. The van der Waals surface area contributed by atoms with Crippen LogP contribution in [-0.4, -0.2) is 30.0 Å². The minimum Gasteiger partial charge on any atom is -0.322 e. The van der Waals surface area contributed by atoms with Gasteiger partial charge in [0.05, 0.1) is 25.7 Å². The van der Waals surface area contributed by atoms with Crippen molar-refractivity contribution in [2.45, 2.75) is 91.1 Å². The number of nitriles is 1. The van der Waals surface area contributed by atoms with Crippen LogP contribution in [0.1, 0.15) is 79.1 Å². The fraction of sp³-hybridized carbons (Fsp3) is 0.944. The van der Waals surface area contributed by atoms with Gasteiger partial charge >= 0.3 is 0 Å². The first kappa shape index (κ1) is 20.8. The molecule has 1 aliphatic rings. The molecule has 0 aromatic rings. The molecule has 0 saturated heterocycles. The molecule has 0 bridgehead atoms. The highest BCUT2D eigenvalue weighted by molar-refractivity contribution is 7.44. The van der Waals surface area contributed by atoms with Gasteiger partial charge in [0.1, 0.15) is 0 Å². The molecule has 0 spiro atoms. The van der Waals surface area contributed by atoms with Crippen LogP contribution < -0.4 is 0 Å². The first-order chi connectivity index (χ1) is 11.1.